The molecule has 0 heteroatoms. The van der Waals surface area contributed by atoms with E-state index in [9.17, 15) is 0 Å². The van der Waals surface area contributed by atoms with Gasteiger partial charge in [0.15, 0.2) is 0 Å². The van der Waals surface area contributed by atoms with Crippen LogP contribution in [0.3, 0.4) is 0 Å². The van der Waals surface area contributed by atoms with Gasteiger partial charge in [-0.05, 0) is 116 Å². The molecule has 10 aromatic rings. The molecule has 1 unspecified atom stereocenters. The molecule has 0 amide bonds. The molecule has 0 heterocycles. The highest BCUT2D eigenvalue weighted by atomic mass is 14.5. The molecule has 12 rings (SSSR count). The molecular formula is C55H34. The van der Waals surface area contributed by atoms with Gasteiger partial charge in [0.25, 0.3) is 0 Å². The summed E-state index contributed by atoms with van der Waals surface area (Å²) in [6.45, 7) is 0. The maximum atomic E-state index is 2.54. The summed E-state index contributed by atoms with van der Waals surface area (Å²) in [5.74, 6) is 0. The van der Waals surface area contributed by atoms with Crippen molar-refractivity contribution in [1.29, 1.82) is 0 Å². The van der Waals surface area contributed by atoms with Crippen LogP contribution in [-0.4, -0.2) is 0 Å². The van der Waals surface area contributed by atoms with E-state index in [0.29, 0.717) is 0 Å². The van der Waals surface area contributed by atoms with E-state index in [0.717, 1.165) is 0 Å². The van der Waals surface area contributed by atoms with Gasteiger partial charge in [0.1, 0.15) is 0 Å². The second-order valence-electron chi connectivity index (χ2n) is 15.1. The molecule has 55 heavy (non-hydrogen) atoms. The molecule has 1 spiro atoms. The molecule has 0 aliphatic heterocycles. The third-order valence-electron chi connectivity index (χ3n) is 12.5. The van der Waals surface area contributed by atoms with Crippen LogP contribution >= 0.6 is 0 Å². The fraction of sp³-hybridized carbons (Fsp3) is 0.0182. The summed E-state index contributed by atoms with van der Waals surface area (Å²) in [7, 11) is 0. The Kier molecular flexibility index (Phi) is 6.36. The van der Waals surface area contributed by atoms with E-state index >= 15 is 0 Å². The van der Waals surface area contributed by atoms with Gasteiger partial charge in [-0.3, -0.25) is 0 Å². The first-order chi connectivity index (χ1) is 27.3. The van der Waals surface area contributed by atoms with E-state index in [-0.39, 0.29) is 0 Å². The van der Waals surface area contributed by atoms with Gasteiger partial charge in [0.2, 0.25) is 0 Å². The lowest BCUT2D eigenvalue weighted by atomic mass is 9.61. The van der Waals surface area contributed by atoms with Gasteiger partial charge in [-0.1, -0.05) is 200 Å². The standard InChI is InChI=1S/C55H34/c1-2-14-35(15-3-1)36-28-30-38(31-29-36)52-44-20-4-6-22-46(44)53(47-23-7-5-21-45(47)52)39-32-33-42-40-18-8-10-25-48(40)55(51(42)34-39)49-26-11-9-19-41(49)43-24-12-16-37-17-13-27-50(55)54(37)43/h1-34H. The summed E-state index contributed by atoms with van der Waals surface area (Å²) in [6.07, 6.45) is 0. The zero-order valence-electron chi connectivity index (χ0n) is 30.1. The molecule has 0 nitrogen and oxygen atoms in total. The molecule has 2 aliphatic carbocycles. The van der Waals surface area contributed by atoms with Crippen LogP contribution in [0.4, 0.5) is 0 Å². The van der Waals surface area contributed by atoms with Crippen molar-refractivity contribution in [2.24, 2.45) is 0 Å². The third-order valence-corrected chi connectivity index (χ3v) is 12.5. The van der Waals surface area contributed by atoms with Gasteiger partial charge in [-0.2, -0.15) is 0 Å². The van der Waals surface area contributed by atoms with Gasteiger partial charge in [0, 0.05) is 0 Å². The highest BCUT2D eigenvalue weighted by Gasteiger charge is 2.50. The van der Waals surface area contributed by atoms with Crippen LogP contribution < -0.4 is 0 Å². The van der Waals surface area contributed by atoms with Crippen LogP contribution in [0.5, 0.6) is 0 Å². The zero-order valence-corrected chi connectivity index (χ0v) is 30.1. The molecule has 10 aromatic carbocycles. The van der Waals surface area contributed by atoms with Crippen molar-refractivity contribution in [1.82, 2.24) is 0 Å². The first kappa shape index (κ1) is 30.4. The fourth-order valence-corrected chi connectivity index (χ4v) is 10.3. The second kappa shape index (κ2) is 11.5. The van der Waals surface area contributed by atoms with Crippen molar-refractivity contribution in [2.45, 2.75) is 5.41 Å². The highest BCUT2D eigenvalue weighted by molar-refractivity contribution is 6.21. The van der Waals surface area contributed by atoms with Crippen LogP contribution in [-0.2, 0) is 5.41 Å². The minimum atomic E-state index is -0.460. The van der Waals surface area contributed by atoms with Gasteiger partial charge in [-0.15, -0.1) is 0 Å². The number of rotatable bonds is 3. The van der Waals surface area contributed by atoms with E-state index in [1.165, 1.54) is 110 Å². The highest BCUT2D eigenvalue weighted by Crippen LogP contribution is 2.62. The quantitative estimate of drug-likeness (QED) is 0.162. The average Bonchev–Trinajstić information content (AvgIpc) is 3.55. The van der Waals surface area contributed by atoms with Crippen LogP contribution in [0.2, 0.25) is 0 Å². The smallest absolute Gasteiger partial charge is 0.0622 e. The fourth-order valence-electron chi connectivity index (χ4n) is 10.3. The van der Waals surface area contributed by atoms with Crippen LogP contribution in [0.15, 0.2) is 206 Å². The average molecular weight is 695 g/mol. The summed E-state index contributed by atoms with van der Waals surface area (Å²) in [5, 5.41) is 7.71. The Morgan fingerprint density at radius 3 is 1.35 bits per heavy atom. The van der Waals surface area contributed by atoms with Crippen LogP contribution in [0.1, 0.15) is 22.3 Å². The molecule has 0 fully saturated rings. The number of hydrogen-bond donors (Lipinski definition) is 0. The van der Waals surface area contributed by atoms with Crippen molar-refractivity contribution in [3.8, 4) is 55.6 Å². The monoisotopic (exact) mass is 694 g/mol. The molecule has 0 N–H and O–H groups in total. The van der Waals surface area contributed by atoms with Gasteiger partial charge in [0.05, 0.1) is 5.41 Å². The maximum absolute atomic E-state index is 2.54. The Morgan fingerprint density at radius 1 is 0.255 bits per heavy atom. The SMILES string of the molecule is c1ccc(-c2ccc(-c3c4ccccc4c(-c4ccc5c(c4)C4(c6ccccc6-5)c5ccccc5-c5cccc6cccc4c56)c4ccccc34)cc2)cc1. The molecule has 0 saturated carbocycles. The first-order valence-corrected chi connectivity index (χ1v) is 19.3. The number of benzene rings is 10. The Hall–Kier alpha value is -7.02. The van der Waals surface area contributed by atoms with Gasteiger partial charge in [-0.25, -0.2) is 0 Å². The number of fused-ring (bicyclic) bond motifs is 11. The van der Waals surface area contributed by atoms with Crippen molar-refractivity contribution in [3.63, 3.8) is 0 Å². The second-order valence-corrected chi connectivity index (χ2v) is 15.1. The predicted octanol–water partition coefficient (Wildman–Crippen LogP) is 14.5. The lowest BCUT2D eigenvalue weighted by Gasteiger charge is -2.40. The Morgan fingerprint density at radius 2 is 0.691 bits per heavy atom. The predicted molar refractivity (Wildman–Crippen MR) is 232 cm³/mol. The van der Waals surface area contributed by atoms with E-state index in [1.54, 1.807) is 0 Å². The number of hydrogen-bond acceptors (Lipinski definition) is 0. The minimum absolute atomic E-state index is 0.460. The van der Waals surface area contributed by atoms with Gasteiger partial charge < -0.3 is 0 Å². The van der Waals surface area contributed by atoms with Crippen LogP contribution in [0, 0.1) is 0 Å². The summed E-state index contributed by atoms with van der Waals surface area (Å²) in [5.41, 5.74) is 17.7. The van der Waals surface area contributed by atoms with Crippen molar-refractivity contribution < 1.29 is 0 Å². The third kappa shape index (κ3) is 4.12. The normalized spacial score (nSPS) is 15.0. The molecule has 1 atom stereocenters. The van der Waals surface area contributed by atoms with Crippen molar-refractivity contribution in [3.05, 3.63) is 229 Å². The summed E-state index contributed by atoms with van der Waals surface area (Å²) in [4.78, 5) is 0. The Bertz CT molecular complexity index is 3120. The molecule has 0 aromatic heterocycles. The Labute approximate surface area is 320 Å². The Balaban J connectivity index is 1.15. The zero-order chi connectivity index (χ0) is 36.1. The molecule has 0 saturated heterocycles. The summed E-state index contributed by atoms with van der Waals surface area (Å²) in [6, 6.07) is 77.1. The van der Waals surface area contributed by atoms with E-state index < -0.39 is 5.41 Å². The molecule has 2 aliphatic rings. The maximum Gasteiger partial charge on any atom is 0.0725 e. The topological polar surface area (TPSA) is 0 Å². The molecule has 254 valence electrons. The minimum Gasteiger partial charge on any atom is -0.0622 e. The van der Waals surface area contributed by atoms with Crippen molar-refractivity contribution >= 4 is 32.3 Å². The lowest BCUT2D eigenvalue weighted by Crippen LogP contribution is -2.31. The van der Waals surface area contributed by atoms with Crippen LogP contribution in [0.25, 0.3) is 88.0 Å². The van der Waals surface area contributed by atoms with E-state index in [1.807, 2.05) is 0 Å². The molecule has 0 radical (unpaired) electrons. The van der Waals surface area contributed by atoms with E-state index in [2.05, 4.69) is 206 Å². The summed E-state index contributed by atoms with van der Waals surface area (Å²) < 4.78 is 0. The van der Waals surface area contributed by atoms with Gasteiger partial charge >= 0.3 is 0 Å². The van der Waals surface area contributed by atoms with E-state index in [4.69, 9.17) is 0 Å². The first-order valence-electron chi connectivity index (χ1n) is 19.3. The molecule has 0 bridgehead atoms. The summed E-state index contributed by atoms with van der Waals surface area (Å²) >= 11 is 0. The molecular weight excluding hydrogens is 661 g/mol. The van der Waals surface area contributed by atoms with Crippen molar-refractivity contribution in [2.75, 3.05) is 0 Å². The lowest BCUT2D eigenvalue weighted by molar-refractivity contribution is 0.774. The largest absolute Gasteiger partial charge is 0.0725 e.